The summed E-state index contributed by atoms with van der Waals surface area (Å²) >= 11 is 5.36. The van der Waals surface area contributed by atoms with E-state index in [1.54, 1.807) is 0 Å². The monoisotopic (exact) mass is 330 g/mol. The first-order valence-electron chi connectivity index (χ1n) is 6.69. The molecule has 1 N–H and O–H groups in total. The van der Waals surface area contributed by atoms with Gasteiger partial charge in [-0.1, -0.05) is 12.8 Å². The van der Waals surface area contributed by atoms with Gasteiger partial charge in [-0.2, -0.15) is 0 Å². The van der Waals surface area contributed by atoms with Gasteiger partial charge in [0.15, 0.2) is 0 Å². The highest BCUT2D eigenvalue weighted by molar-refractivity contribution is 9.11. The van der Waals surface area contributed by atoms with E-state index in [1.165, 1.54) is 34.3 Å². The Labute approximate surface area is 123 Å². The van der Waals surface area contributed by atoms with E-state index in [1.807, 2.05) is 11.3 Å². The lowest BCUT2D eigenvalue weighted by Gasteiger charge is -2.37. The Bertz CT molecular complexity index is 383. The summed E-state index contributed by atoms with van der Waals surface area (Å²) < 4.78 is 1.22. The van der Waals surface area contributed by atoms with Gasteiger partial charge in [0.2, 0.25) is 0 Å². The van der Waals surface area contributed by atoms with Crippen molar-refractivity contribution in [3.8, 4) is 0 Å². The fourth-order valence-electron chi connectivity index (χ4n) is 2.82. The zero-order valence-electron chi connectivity index (χ0n) is 11.5. The summed E-state index contributed by atoms with van der Waals surface area (Å²) in [4.78, 5) is 3.83. The maximum absolute atomic E-state index is 3.72. The summed E-state index contributed by atoms with van der Waals surface area (Å²) in [6, 6.07) is 4.79. The van der Waals surface area contributed by atoms with Gasteiger partial charge < -0.3 is 10.2 Å². The molecule has 1 fully saturated rings. The Balaban J connectivity index is 1.94. The molecule has 1 aromatic heterocycles. The Hall–Kier alpha value is 0.1000. The number of hydrogen-bond acceptors (Lipinski definition) is 3. The van der Waals surface area contributed by atoms with Crippen LogP contribution in [-0.2, 0) is 0 Å². The third kappa shape index (κ3) is 3.16. The number of hydrogen-bond donors (Lipinski definition) is 1. The molecule has 1 heterocycles. The van der Waals surface area contributed by atoms with Crippen molar-refractivity contribution in [2.24, 2.45) is 0 Å². The molecule has 0 saturated heterocycles. The second kappa shape index (κ2) is 6.04. The van der Waals surface area contributed by atoms with Crippen molar-refractivity contribution in [3.63, 3.8) is 0 Å². The number of halogens is 1. The van der Waals surface area contributed by atoms with Crippen LogP contribution in [0.4, 0.5) is 0 Å². The van der Waals surface area contributed by atoms with Gasteiger partial charge in [0.05, 0.1) is 3.79 Å². The van der Waals surface area contributed by atoms with Crippen LogP contribution in [0.1, 0.15) is 43.5 Å². The molecule has 4 heteroatoms. The second-order valence-electron chi connectivity index (χ2n) is 5.57. The summed E-state index contributed by atoms with van der Waals surface area (Å²) in [5, 5.41) is 3.72. The first-order chi connectivity index (χ1) is 8.53. The molecule has 0 aliphatic heterocycles. The van der Waals surface area contributed by atoms with Crippen LogP contribution in [-0.4, -0.2) is 31.1 Å². The van der Waals surface area contributed by atoms with Gasteiger partial charge in [0.1, 0.15) is 0 Å². The first kappa shape index (κ1) is 14.5. The molecule has 1 saturated carbocycles. The molecule has 1 aliphatic rings. The van der Waals surface area contributed by atoms with Crippen LogP contribution < -0.4 is 5.32 Å². The minimum absolute atomic E-state index is 0.378. The van der Waals surface area contributed by atoms with E-state index < -0.39 is 0 Å². The predicted molar refractivity (Wildman–Crippen MR) is 83.3 cm³/mol. The number of nitrogens with one attached hydrogen (secondary N) is 1. The van der Waals surface area contributed by atoms with Crippen molar-refractivity contribution >= 4 is 27.3 Å². The number of nitrogens with zero attached hydrogens (tertiary/aromatic N) is 1. The molecule has 102 valence electrons. The lowest BCUT2D eigenvalue weighted by molar-refractivity contribution is 0.150. The number of likely N-dealkylation sites (N-methyl/N-ethyl adjacent to an activating group) is 1. The summed E-state index contributed by atoms with van der Waals surface area (Å²) in [5.41, 5.74) is 0.378. The molecule has 0 bridgehead atoms. The fourth-order valence-corrected chi connectivity index (χ4v) is 4.27. The van der Waals surface area contributed by atoms with Crippen LogP contribution in [0.15, 0.2) is 15.9 Å². The predicted octanol–water partition coefficient (Wildman–Crippen LogP) is 4.04. The van der Waals surface area contributed by atoms with Crippen molar-refractivity contribution in [1.82, 2.24) is 10.2 Å². The van der Waals surface area contributed by atoms with Gasteiger partial charge in [0.25, 0.3) is 0 Å². The zero-order valence-corrected chi connectivity index (χ0v) is 13.9. The average molecular weight is 331 g/mol. The lowest BCUT2D eigenvalue weighted by atomic mass is 9.95. The third-order valence-corrected chi connectivity index (χ3v) is 6.05. The quantitative estimate of drug-likeness (QED) is 0.876. The van der Waals surface area contributed by atoms with Crippen molar-refractivity contribution in [2.45, 2.75) is 44.2 Å². The summed E-state index contributed by atoms with van der Waals surface area (Å²) in [5.74, 6) is 0. The van der Waals surface area contributed by atoms with Crippen molar-refractivity contribution in [2.75, 3.05) is 20.6 Å². The van der Waals surface area contributed by atoms with E-state index in [0.29, 0.717) is 11.6 Å². The van der Waals surface area contributed by atoms with E-state index in [9.17, 15) is 0 Å². The highest BCUT2D eigenvalue weighted by Crippen LogP contribution is 2.34. The summed E-state index contributed by atoms with van der Waals surface area (Å²) in [7, 11) is 4.44. The minimum Gasteiger partial charge on any atom is -0.308 e. The standard InChI is InChI=1S/C14H23BrN2S/c1-11(12-6-7-13(15)18-12)16-10-14(17(2)3)8-4-5-9-14/h6-7,11,16H,4-5,8-10H2,1-3H3. The van der Waals surface area contributed by atoms with Gasteiger partial charge in [-0.05, 0) is 61.9 Å². The molecule has 1 aromatic rings. The molecule has 0 aromatic carbocycles. The van der Waals surface area contributed by atoms with Crippen LogP contribution in [0.3, 0.4) is 0 Å². The maximum Gasteiger partial charge on any atom is 0.0701 e. The molecule has 2 nitrogen and oxygen atoms in total. The SMILES string of the molecule is CC(NCC1(N(C)C)CCCC1)c1ccc(Br)s1. The number of thiophene rings is 1. The van der Waals surface area contributed by atoms with E-state index >= 15 is 0 Å². The van der Waals surface area contributed by atoms with Crippen molar-refractivity contribution in [1.29, 1.82) is 0 Å². The molecular weight excluding hydrogens is 308 g/mol. The molecule has 0 amide bonds. The maximum atomic E-state index is 3.72. The van der Waals surface area contributed by atoms with Crippen LogP contribution >= 0.6 is 27.3 Å². The Kier molecular flexibility index (Phi) is 4.86. The second-order valence-corrected chi connectivity index (χ2v) is 8.06. The molecule has 1 atom stereocenters. The van der Waals surface area contributed by atoms with Crippen LogP contribution in [0.5, 0.6) is 0 Å². The minimum atomic E-state index is 0.378. The van der Waals surface area contributed by atoms with E-state index in [2.05, 4.69) is 59.3 Å². The molecule has 1 unspecified atom stereocenters. The van der Waals surface area contributed by atoms with Crippen molar-refractivity contribution in [3.05, 3.63) is 20.8 Å². The Morgan fingerprint density at radius 1 is 1.39 bits per heavy atom. The van der Waals surface area contributed by atoms with Gasteiger partial charge >= 0.3 is 0 Å². The zero-order chi connectivity index (χ0) is 13.2. The van der Waals surface area contributed by atoms with Gasteiger partial charge in [0, 0.05) is 23.0 Å². The molecular formula is C14H23BrN2S. The largest absolute Gasteiger partial charge is 0.308 e. The van der Waals surface area contributed by atoms with Gasteiger partial charge in [-0.3, -0.25) is 0 Å². The summed E-state index contributed by atoms with van der Waals surface area (Å²) in [6.07, 6.45) is 5.40. The van der Waals surface area contributed by atoms with E-state index in [4.69, 9.17) is 0 Å². The highest BCUT2D eigenvalue weighted by Gasteiger charge is 2.35. The van der Waals surface area contributed by atoms with Crippen LogP contribution in [0.2, 0.25) is 0 Å². The normalized spacial score (nSPS) is 20.5. The summed E-state index contributed by atoms with van der Waals surface area (Å²) in [6.45, 7) is 3.35. The van der Waals surface area contributed by atoms with Gasteiger partial charge in [-0.15, -0.1) is 11.3 Å². The van der Waals surface area contributed by atoms with E-state index in [0.717, 1.165) is 6.54 Å². The number of rotatable bonds is 5. The van der Waals surface area contributed by atoms with Crippen LogP contribution in [0.25, 0.3) is 0 Å². The Morgan fingerprint density at radius 3 is 2.56 bits per heavy atom. The fraction of sp³-hybridized carbons (Fsp3) is 0.714. The third-order valence-electron chi connectivity index (χ3n) is 4.24. The molecule has 2 rings (SSSR count). The lowest BCUT2D eigenvalue weighted by Crippen LogP contribution is -2.49. The molecule has 0 radical (unpaired) electrons. The molecule has 18 heavy (non-hydrogen) atoms. The topological polar surface area (TPSA) is 15.3 Å². The molecule has 0 spiro atoms. The van der Waals surface area contributed by atoms with Gasteiger partial charge in [-0.25, -0.2) is 0 Å². The average Bonchev–Trinajstić information content (AvgIpc) is 2.95. The first-order valence-corrected chi connectivity index (χ1v) is 8.30. The smallest absolute Gasteiger partial charge is 0.0701 e. The molecule has 1 aliphatic carbocycles. The van der Waals surface area contributed by atoms with Crippen molar-refractivity contribution < 1.29 is 0 Å². The highest BCUT2D eigenvalue weighted by atomic mass is 79.9. The Morgan fingerprint density at radius 2 is 2.06 bits per heavy atom. The van der Waals surface area contributed by atoms with E-state index in [-0.39, 0.29) is 0 Å². The van der Waals surface area contributed by atoms with Crippen LogP contribution in [0, 0.1) is 0 Å².